The van der Waals surface area contributed by atoms with Crippen molar-refractivity contribution in [2.24, 2.45) is 0 Å². The fraction of sp³-hybridized carbons (Fsp3) is 0. The quantitative estimate of drug-likeness (QED) is 0.838. The first-order valence-corrected chi connectivity index (χ1v) is 4.70. The van der Waals surface area contributed by atoms with Gasteiger partial charge in [0, 0.05) is 6.20 Å². The Bertz CT molecular complexity index is 548. The number of amides is 1. The van der Waals surface area contributed by atoms with Crippen LogP contribution in [-0.4, -0.2) is 22.0 Å². The molecule has 0 aliphatic carbocycles. The van der Waals surface area contributed by atoms with E-state index in [0.29, 0.717) is 5.56 Å². The Morgan fingerprint density at radius 3 is 2.76 bits per heavy atom. The van der Waals surface area contributed by atoms with Crippen LogP contribution in [0.2, 0.25) is 0 Å². The Morgan fingerprint density at radius 1 is 1.29 bits per heavy atom. The summed E-state index contributed by atoms with van der Waals surface area (Å²) in [6, 6.07) is 4.12. The summed E-state index contributed by atoms with van der Waals surface area (Å²) < 4.78 is 4.76. The van der Waals surface area contributed by atoms with Gasteiger partial charge in [-0.25, -0.2) is 9.78 Å². The van der Waals surface area contributed by atoms with E-state index >= 15 is 0 Å². The van der Waals surface area contributed by atoms with Crippen LogP contribution in [0.5, 0.6) is 0 Å². The largest absolute Gasteiger partial charge is 0.478 e. The van der Waals surface area contributed by atoms with E-state index in [9.17, 15) is 9.59 Å². The predicted molar refractivity (Wildman–Crippen MR) is 57.9 cm³/mol. The van der Waals surface area contributed by atoms with Crippen LogP contribution >= 0.6 is 0 Å². The standard InChI is InChI=1S/C11H8N2O4/c14-10(8-2-4-17-6-8)13-9-5-7(11(15)16)1-3-12-9/h1-6H,(H,15,16)(H,12,13,14). The average Bonchev–Trinajstić information content (AvgIpc) is 2.82. The first-order chi connectivity index (χ1) is 8.16. The molecule has 2 N–H and O–H groups in total. The molecule has 0 spiro atoms. The number of hydrogen-bond donors (Lipinski definition) is 2. The Morgan fingerprint density at radius 2 is 2.12 bits per heavy atom. The molecular weight excluding hydrogens is 224 g/mol. The molecular formula is C11H8N2O4. The second-order valence-electron chi connectivity index (χ2n) is 3.20. The van der Waals surface area contributed by atoms with Crippen LogP contribution in [0.4, 0.5) is 5.82 Å². The number of hydrogen-bond acceptors (Lipinski definition) is 4. The summed E-state index contributed by atoms with van der Waals surface area (Å²) in [7, 11) is 0. The summed E-state index contributed by atoms with van der Waals surface area (Å²) in [5.41, 5.74) is 0.398. The Kier molecular flexibility index (Phi) is 2.87. The lowest BCUT2D eigenvalue weighted by Gasteiger charge is -2.02. The molecule has 0 bridgehead atoms. The maximum atomic E-state index is 11.6. The Hall–Kier alpha value is -2.63. The maximum Gasteiger partial charge on any atom is 0.335 e. The second-order valence-corrected chi connectivity index (χ2v) is 3.20. The van der Waals surface area contributed by atoms with Crippen LogP contribution in [0.3, 0.4) is 0 Å². The van der Waals surface area contributed by atoms with Crippen molar-refractivity contribution in [3.63, 3.8) is 0 Å². The summed E-state index contributed by atoms with van der Waals surface area (Å²) in [5.74, 6) is -1.31. The van der Waals surface area contributed by atoms with Gasteiger partial charge in [-0.1, -0.05) is 0 Å². The van der Waals surface area contributed by atoms with Gasteiger partial charge in [-0.15, -0.1) is 0 Å². The van der Waals surface area contributed by atoms with Gasteiger partial charge < -0.3 is 14.8 Å². The third-order valence-corrected chi connectivity index (χ3v) is 2.03. The molecule has 1 amide bonds. The number of carboxylic acid groups (broad SMARTS) is 1. The topological polar surface area (TPSA) is 92.4 Å². The number of furan rings is 1. The molecule has 2 rings (SSSR count). The molecule has 0 unspecified atom stereocenters. The van der Waals surface area contributed by atoms with Gasteiger partial charge in [0.25, 0.3) is 5.91 Å². The zero-order valence-electron chi connectivity index (χ0n) is 8.58. The lowest BCUT2D eigenvalue weighted by Crippen LogP contribution is -2.12. The molecule has 0 radical (unpaired) electrons. The third-order valence-electron chi connectivity index (χ3n) is 2.03. The van der Waals surface area contributed by atoms with E-state index in [4.69, 9.17) is 9.52 Å². The van der Waals surface area contributed by atoms with E-state index in [1.165, 1.54) is 36.9 Å². The molecule has 2 heterocycles. The van der Waals surface area contributed by atoms with Crippen molar-refractivity contribution in [2.75, 3.05) is 5.32 Å². The van der Waals surface area contributed by atoms with E-state index in [0.717, 1.165) is 0 Å². The van der Waals surface area contributed by atoms with Crippen molar-refractivity contribution in [3.8, 4) is 0 Å². The molecule has 0 saturated heterocycles. The van der Waals surface area contributed by atoms with Gasteiger partial charge in [0.15, 0.2) is 0 Å². The number of nitrogens with zero attached hydrogens (tertiary/aromatic N) is 1. The fourth-order valence-electron chi connectivity index (χ4n) is 1.21. The molecule has 0 aromatic carbocycles. The van der Waals surface area contributed by atoms with Gasteiger partial charge in [0.1, 0.15) is 12.1 Å². The molecule has 0 fully saturated rings. The highest BCUT2D eigenvalue weighted by atomic mass is 16.4. The number of aromatic nitrogens is 1. The third kappa shape index (κ3) is 2.49. The van der Waals surface area contributed by atoms with Crippen molar-refractivity contribution in [1.82, 2.24) is 4.98 Å². The number of rotatable bonds is 3. The summed E-state index contributed by atoms with van der Waals surface area (Å²) in [6.07, 6.45) is 3.97. The predicted octanol–water partition coefficient (Wildman–Crippen LogP) is 1.63. The lowest BCUT2D eigenvalue weighted by molar-refractivity contribution is 0.0696. The maximum absolute atomic E-state index is 11.6. The van der Waals surface area contributed by atoms with Crippen LogP contribution < -0.4 is 5.32 Å². The molecule has 2 aromatic heterocycles. The summed E-state index contributed by atoms with van der Waals surface area (Å²) in [5, 5.41) is 11.2. The second kappa shape index (κ2) is 4.48. The number of carbonyl (C=O) groups is 2. The molecule has 6 nitrogen and oxygen atoms in total. The van der Waals surface area contributed by atoms with Crippen molar-refractivity contribution < 1.29 is 19.1 Å². The van der Waals surface area contributed by atoms with Gasteiger partial charge in [0.2, 0.25) is 0 Å². The van der Waals surface area contributed by atoms with Crippen LogP contribution in [0.15, 0.2) is 41.3 Å². The number of aromatic carboxylic acids is 1. The van der Waals surface area contributed by atoms with E-state index in [1.807, 2.05) is 0 Å². The van der Waals surface area contributed by atoms with Gasteiger partial charge in [-0.05, 0) is 18.2 Å². The Balaban J connectivity index is 2.16. The van der Waals surface area contributed by atoms with Crippen LogP contribution in [0, 0.1) is 0 Å². The SMILES string of the molecule is O=C(O)c1ccnc(NC(=O)c2ccoc2)c1. The minimum atomic E-state index is -1.08. The zero-order valence-corrected chi connectivity index (χ0v) is 8.58. The first kappa shape index (κ1) is 10.9. The zero-order chi connectivity index (χ0) is 12.3. The highest BCUT2D eigenvalue weighted by molar-refractivity contribution is 6.03. The van der Waals surface area contributed by atoms with Crippen LogP contribution in [0.1, 0.15) is 20.7 Å². The Labute approximate surface area is 95.9 Å². The van der Waals surface area contributed by atoms with Crippen molar-refractivity contribution >= 4 is 17.7 Å². The van der Waals surface area contributed by atoms with Crippen LogP contribution in [-0.2, 0) is 0 Å². The molecule has 86 valence electrons. The van der Waals surface area contributed by atoms with Crippen molar-refractivity contribution in [1.29, 1.82) is 0 Å². The molecule has 0 aliphatic rings. The van der Waals surface area contributed by atoms with Gasteiger partial charge in [0.05, 0.1) is 17.4 Å². The number of carboxylic acids is 1. The van der Waals surface area contributed by atoms with Crippen LogP contribution in [0.25, 0.3) is 0 Å². The van der Waals surface area contributed by atoms with Gasteiger partial charge >= 0.3 is 5.97 Å². The molecule has 6 heteroatoms. The molecule has 0 saturated carbocycles. The van der Waals surface area contributed by atoms with Gasteiger partial charge in [-0.2, -0.15) is 0 Å². The highest BCUT2D eigenvalue weighted by Gasteiger charge is 2.09. The molecule has 0 atom stereocenters. The molecule has 2 aromatic rings. The fourth-order valence-corrected chi connectivity index (χ4v) is 1.21. The first-order valence-electron chi connectivity index (χ1n) is 4.70. The average molecular weight is 232 g/mol. The normalized spacial score (nSPS) is 9.88. The monoisotopic (exact) mass is 232 g/mol. The summed E-state index contributed by atoms with van der Waals surface area (Å²) >= 11 is 0. The smallest absolute Gasteiger partial charge is 0.335 e. The van der Waals surface area contributed by atoms with E-state index in [2.05, 4.69) is 10.3 Å². The van der Waals surface area contributed by atoms with E-state index < -0.39 is 11.9 Å². The minimum Gasteiger partial charge on any atom is -0.478 e. The number of pyridine rings is 1. The van der Waals surface area contributed by atoms with E-state index in [-0.39, 0.29) is 11.4 Å². The minimum absolute atomic E-state index is 0.0579. The molecule has 17 heavy (non-hydrogen) atoms. The van der Waals surface area contributed by atoms with Crippen molar-refractivity contribution in [2.45, 2.75) is 0 Å². The summed E-state index contributed by atoms with van der Waals surface area (Å²) in [4.78, 5) is 26.2. The highest BCUT2D eigenvalue weighted by Crippen LogP contribution is 2.09. The van der Waals surface area contributed by atoms with E-state index in [1.54, 1.807) is 0 Å². The number of anilines is 1. The summed E-state index contributed by atoms with van der Waals surface area (Å²) in [6.45, 7) is 0. The van der Waals surface area contributed by atoms with Gasteiger partial charge in [-0.3, -0.25) is 4.79 Å². The van der Waals surface area contributed by atoms with Crippen molar-refractivity contribution in [3.05, 3.63) is 48.0 Å². The molecule has 0 aliphatic heterocycles. The number of carbonyl (C=O) groups excluding carboxylic acids is 1. The lowest BCUT2D eigenvalue weighted by atomic mass is 10.2. The number of nitrogens with one attached hydrogen (secondary N) is 1.